The van der Waals surface area contributed by atoms with Gasteiger partial charge in [0, 0.05) is 41.0 Å². The average Bonchev–Trinajstić information content (AvgIpc) is 2.87. The van der Waals surface area contributed by atoms with Crippen molar-refractivity contribution in [2.45, 2.75) is 34.1 Å². The Morgan fingerprint density at radius 1 is 1.12 bits per heavy atom. The number of hydrogen-bond donors (Lipinski definition) is 1. The number of pyridine rings is 1. The van der Waals surface area contributed by atoms with Gasteiger partial charge in [-0.3, -0.25) is 9.78 Å². The molecular weight excluding hydrogens is 452 g/mol. The molecule has 33 heavy (non-hydrogen) atoms. The molecule has 0 fully saturated rings. The molecule has 0 unspecified atom stereocenters. The van der Waals surface area contributed by atoms with Crippen molar-refractivity contribution in [3.8, 4) is 17.3 Å². The summed E-state index contributed by atoms with van der Waals surface area (Å²) in [4.78, 5) is 17.0. The number of nitrogens with zero attached hydrogens (tertiary/aromatic N) is 3. The van der Waals surface area contributed by atoms with Crippen LogP contribution in [0.15, 0.2) is 60.8 Å². The number of hydrogen-bond acceptors (Lipinski definition) is 5. The van der Waals surface area contributed by atoms with E-state index in [0.717, 1.165) is 24.4 Å². The van der Waals surface area contributed by atoms with Crippen molar-refractivity contribution in [3.05, 3.63) is 76.9 Å². The van der Waals surface area contributed by atoms with E-state index in [-0.39, 0.29) is 5.91 Å². The molecule has 2 aromatic carbocycles. The molecule has 0 saturated carbocycles. The van der Waals surface area contributed by atoms with Crippen LogP contribution in [0.25, 0.3) is 11.3 Å². The molecule has 0 radical (unpaired) electrons. The van der Waals surface area contributed by atoms with E-state index in [0.29, 0.717) is 33.1 Å². The number of halogens is 1. The van der Waals surface area contributed by atoms with Crippen LogP contribution in [0.3, 0.4) is 0 Å². The monoisotopic (exact) mass is 480 g/mol. The minimum Gasteiger partial charge on any atom is -0.322 e. The number of nitriles is 1. The topological polar surface area (TPSA) is 69.0 Å². The van der Waals surface area contributed by atoms with E-state index in [1.165, 1.54) is 6.20 Å². The molecule has 7 heteroatoms. The zero-order valence-corrected chi connectivity index (χ0v) is 21.0. The average molecular weight is 481 g/mol. The summed E-state index contributed by atoms with van der Waals surface area (Å²) in [5, 5.41) is 12.4. The van der Waals surface area contributed by atoms with E-state index in [2.05, 4.69) is 28.5 Å². The first-order valence-corrected chi connectivity index (χ1v) is 12.4. The highest BCUT2D eigenvalue weighted by Gasteiger charge is 2.11. The molecule has 3 rings (SSSR count). The van der Waals surface area contributed by atoms with Gasteiger partial charge in [0.1, 0.15) is 6.07 Å². The van der Waals surface area contributed by atoms with Crippen LogP contribution in [0.2, 0.25) is 5.02 Å². The van der Waals surface area contributed by atoms with Gasteiger partial charge in [-0.25, -0.2) is 0 Å². The Morgan fingerprint density at radius 2 is 1.85 bits per heavy atom. The van der Waals surface area contributed by atoms with Crippen LogP contribution >= 0.6 is 23.5 Å². The molecule has 172 valence electrons. The van der Waals surface area contributed by atoms with Crippen molar-refractivity contribution in [2.75, 3.05) is 21.9 Å². The molecule has 0 saturated heterocycles. The molecule has 0 aliphatic heterocycles. The van der Waals surface area contributed by atoms with Crippen LogP contribution in [0, 0.1) is 11.3 Å². The maximum Gasteiger partial charge on any atom is 0.255 e. The molecule has 5 nitrogen and oxygen atoms in total. The molecule has 1 aromatic heterocycles. The fourth-order valence-electron chi connectivity index (χ4n) is 2.95. The third kappa shape index (κ3) is 7.24. The van der Waals surface area contributed by atoms with Crippen LogP contribution in [0.4, 0.5) is 11.4 Å². The highest BCUT2D eigenvalue weighted by Crippen LogP contribution is 2.30. The lowest BCUT2D eigenvalue weighted by molar-refractivity contribution is 0.102. The lowest BCUT2D eigenvalue weighted by Crippen LogP contribution is -2.15. The van der Waals surface area contributed by atoms with E-state index in [4.69, 9.17) is 16.9 Å². The maximum atomic E-state index is 12.7. The second kappa shape index (κ2) is 13.5. The van der Waals surface area contributed by atoms with Crippen molar-refractivity contribution in [1.29, 1.82) is 5.26 Å². The molecule has 0 bridgehead atoms. The Kier molecular flexibility index (Phi) is 10.8. The Morgan fingerprint density at radius 3 is 2.42 bits per heavy atom. The normalized spacial score (nSPS) is 9.94. The number of aromatic nitrogens is 1. The van der Waals surface area contributed by atoms with E-state index in [1.54, 1.807) is 42.3 Å². The summed E-state index contributed by atoms with van der Waals surface area (Å²) in [6, 6.07) is 18.3. The standard InChI is InChI=1S/C24H23ClN4OS.C2H6/c1-3-13-31-29(4-2)20-9-6-18(7-10-20)24(30)28-19-8-11-22(25)21(14-19)23-12-5-17(15-26)16-27-23;1-2/h5-12,14,16H,3-4,13H2,1-2H3,(H,28,30);1-2H3. The van der Waals surface area contributed by atoms with Crippen molar-refractivity contribution in [3.63, 3.8) is 0 Å². The summed E-state index contributed by atoms with van der Waals surface area (Å²) in [5.41, 5.74) is 4.07. The predicted octanol–water partition coefficient (Wildman–Crippen LogP) is 7.44. The molecule has 3 aromatic rings. The van der Waals surface area contributed by atoms with Gasteiger partial charge in [0.2, 0.25) is 0 Å². The molecule has 0 spiro atoms. The van der Waals surface area contributed by atoms with Gasteiger partial charge in [-0.15, -0.1) is 0 Å². The molecule has 0 aliphatic carbocycles. The number of anilines is 2. The molecule has 1 amide bonds. The fourth-order valence-corrected chi connectivity index (χ4v) is 4.02. The molecule has 1 N–H and O–H groups in total. The number of amides is 1. The highest BCUT2D eigenvalue weighted by atomic mass is 35.5. The zero-order valence-electron chi connectivity index (χ0n) is 19.4. The molecule has 1 heterocycles. The summed E-state index contributed by atoms with van der Waals surface area (Å²) in [6.45, 7) is 9.17. The van der Waals surface area contributed by atoms with Gasteiger partial charge in [0.05, 0.1) is 16.3 Å². The summed E-state index contributed by atoms with van der Waals surface area (Å²) in [6.07, 6.45) is 2.61. The van der Waals surface area contributed by atoms with E-state index < -0.39 is 0 Å². The number of rotatable bonds is 8. The third-order valence-electron chi connectivity index (χ3n) is 4.55. The SMILES string of the molecule is CC.CCCSN(CC)c1ccc(C(=O)Nc2ccc(Cl)c(-c3ccc(C#N)cn3)c2)cc1. The molecular formula is C26H29ClN4OS. The smallest absolute Gasteiger partial charge is 0.255 e. The first-order chi connectivity index (χ1) is 16.0. The van der Waals surface area contributed by atoms with Crippen molar-refractivity contribution in [1.82, 2.24) is 4.98 Å². The molecule has 0 atom stereocenters. The van der Waals surface area contributed by atoms with Crippen molar-refractivity contribution in [2.24, 2.45) is 0 Å². The van der Waals surface area contributed by atoms with Gasteiger partial charge < -0.3 is 9.62 Å². The number of benzene rings is 2. The lowest BCUT2D eigenvalue weighted by atomic mass is 10.1. The minimum absolute atomic E-state index is 0.197. The zero-order chi connectivity index (χ0) is 24.2. The van der Waals surface area contributed by atoms with Gasteiger partial charge in [0.25, 0.3) is 5.91 Å². The minimum atomic E-state index is -0.197. The van der Waals surface area contributed by atoms with Gasteiger partial charge >= 0.3 is 0 Å². The van der Waals surface area contributed by atoms with Crippen LogP contribution in [0.5, 0.6) is 0 Å². The number of nitrogens with one attached hydrogen (secondary N) is 1. The summed E-state index contributed by atoms with van der Waals surface area (Å²) in [7, 11) is 0. The fraction of sp³-hybridized carbons (Fsp3) is 0.269. The quantitative estimate of drug-likeness (QED) is 0.339. The van der Waals surface area contributed by atoms with E-state index in [1.807, 2.05) is 44.2 Å². The maximum absolute atomic E-state index is 12.7. The van der Waals surface area contributed by atoms with Gasteiger partial charge in [0.15, 0.2) is 0 Å². The summed E-state index contributed by atoms with van der Waals surface area (Å²) >= 11 is 8.12. The van der Waals surface area contributed by atoms with Crippen molar-refractivity contribution < 1.29 is 4.79 Å². The van der Waals surface area contributed by atoms with E-state index >= 15 is 0 Å². The van der Waals surface area contributed by atoms with Crippen LogP contribution < -0.4 is 9.62 Å². The Labute approximate surface area is 205 Å². The Balaban J connectivity index is 0.00000187. The lowest BCUT2D eigenvalue weighted by Gasteiger charge is -2.21. The second-order valence-corrected chi connectivity index (χ2v) is 8.28. The largest absolute Gasteiger partial charge is 0.322 e. The van der Waals surface area contributed by atoms with Gasteiger partial charge in [-0.05, 0) is 79.9 Å². The predicted molar refractivity (Wildman–Crippen MR) is 141 cm³/mol. The van der Waals surface area contributed by atoms with Crippen LogP contribution in [-0.2, 0) is 0 Å². The van der Waals surface area contributed by atoms with Crippen molar-refractivity contribution >= 4 is 40.8 Å². The van der Waals surface area contributed by atoms with Gasteiger partial charge in [-0.1, -0.05) is 32.4 Å². The summed E-state index contributed by atoms with van der Waals surface area (Å²) in [5.74, 6) is 0.861. The first-order valence-electron chi connectivity index (χ1n) is 11.0. The van der Waals surface area contributed by atoms with Gasteiger partial charge in [-0.2, -0.15) is 5.26 Å². The highest BCUT2D eigenvalue weighted by molar-refractivity contribution is 8.00. The first kappa shape index (κ1) is 26.2. The number of carbonyl (C=O) groups excluding carboxylic acids is 1. The number of carbonyl (C=O) groups is 1. The van der Waals surface area contributed by atoms with E-state index in [9.17, 15) is 4.79 Å². The third-order valence-corrected chi connectivity index (χ3v) is 6.25. The second-order valence-electron chi connectivity index (χ2n) is 6.77. The van der Waals surface area contributed by atoms with Crippen LogP contribution in [-0.4, -0.2) is 23.2 Å². The Hall–Kier alpha value is -3.01. The summed E-state index contributed by atoms with van der Waals surface area (Å²) < 4.78 is 2.22. The molecule has 0 aliphatic rings. The van der Waals surface area contributed by atoms with Crippen LogP contribution in [0.1, 0.15) is 50.0 Å². The Bertz CT molecular complexity index is 1080.